The summed E-state index contributed by atoms with van der Waals surface area (Å²) in [4.78, 5) is 6.85. The molecule has 0 unspecified atom stereocenters. The summed E-state index contributed by atoms with van der Waals surface area (Å²) in [5.74, 6) is 1.21. The fourth-order valence-corrected chi connectivity index (χ4v) is 4.57. The standard InChI is InChI=1S/C23H24N4O/c1-2-6-18(7-3-1)20-8-9-22(26-25-20)28-23-19-10-13-27(14-11-19)21(23)15-17-5-4-12-24-16-17/h1-9,12,16,19,21,23H,10-11,13-15H2/t21-,23+/m1/s1. The molecule has 3 aliphatic rings. The number of hydrogen-bond acceptors (Lipinski definition) is 5. The molecule has 28 heavy (non-hydrogen) atoms. The normalized spacial score (nSPS) is 26.1. The smallest absolute Gasteiger partial charge is 0.233 e. The van der Waals surface area contributed by atoms with Gasteiger partial charge in [-0.25, -0.2) is 0 Å². The lowest BCUT2D eigenvalue weighted by molar-refractivity contribution is -0.0599. The van der Waals surface area contributed by atoms with Crippen LogP contribution in [0.15, 0.2) is 67.0 Å². The molecule has 5 nitrogen and oxygen atoms in total. The van der Waals surface area contributed by atoms with Crippen LogP contribution in [-0.2, 0) is 6.42 Å². The van der Waals surface area contributed by atoms with E-state index in [1.54, 1.807) is 0 Å². The average Bonchev–Trinajstić information content (AvgIpc) is 2.78. The van der Waals surface area contributed by atoms with E-state index in [1.165, 1.54) is 18.4 Å². The van der Waals surface area contributed by atoms with Crippen molar-refractivity contribution in [2.45, 2.75) is 31.4 Å². The predicted molar refractivity (Wildman–Crippen MR) is 108 cm³/mol. The molecule has 1 aromatic carbocycles. The van der Waals surface area contributed by atoms with Gasteiger partial charge in [0.15, 0.2) is 0 Å². The summed E-state index contributed by atoms with van der Waals surface area (Å²) in [7, 11) is 0. The second-order valence-electron chi connectivity index (χ2n) is 7.71. The van der Waals surface area contributed by atoms with Gasteiger partial charge in [0.1, 0.15) is 6.10 Å². The molecule has 0 N–H and O–H groups in total. The van der Waals surface area contributed by atoms with Crippen molar-refractivity contribution in [2.75, 3.05) is 13.1 Å². The van der Waals surface area contributed by atoms with Gasteiger partial charge in [-0.2, -0.15) is 0 Å². The minimum absolute atomic E-state index is 0.152. The number of rotatable bonds is 5. The van der Waals surface area contributed by atoms with Gasteiger partial charge in [0, 0.05) is 24.0 Å². The summed E-state index contributed by atoms with van der Waals surface area (Å²) in [6.45, 7) is 2.32. The molecular weight excluding hydrogens is 348 g/mol. The SMILES string of the molecule is c1ccc(-c2ccc(O[C@H]3C4CCN(CC4)[C@@H]3Cc3cccnc3)nn2)cc1. The average molecular weight is 372 g/mol. The van der Waals surface area contributed by atoms with Gasteiger partial charge in [-0.1, -0.05) is 36.4 Å². The predicted octanol–water partition coefficient (Wildman–Crippen LogP) is 3.62. The van der Waals surface area contributed by atoms with Crippen LogP contribution in [0.25, 0.3) is 11.3 Å². The highest BCUT2D eigenvalue weighted by Crippen LogP contribution is 2.36. The number of benzene rings is 1. The maximum Gasteiger partial charge on any atom is 0.233 e. The molecule has 3 fully saturated rings. The molecule has 2 aromatic heterocycles. The lowest BCUT2D eigenvalue weighted by Crippen LogP contribution is -2.60. The van der Waals surface area contributed by atoms with E-state index < -0.39 is 0 Å². The fourth-order valence-electron chi connectivity index (χ4n) is 4.57. The number of hydrogen-bond donors (Lipinski definition) is 0. The summed E-state index contributed by atoms with van der Waals surface area (Å²) in [5, 5.41) is 8.76. The lowest BCUT2D eigenvalue weighted by Gasteiger charge is -2.50. The molecule has 5 heterocycles. The lowest BCUT2D eigenvalue weighted by atomic mass is 9.78. The van der Waals surface area contributed by atoms with E-state index >= 15 is 0 Å². The van der Waals surface area contributed by atoms with Crippen molar-refractivity contribution in [1.29, 1.82) is 0 Å². The minimum atomic E-state index is 0.152. The van der Waals surface area contributed by atoms with E-state index in [4.69, 9.17) is 4.74 Å². The Labute approximate surface area is 165 Å². The summed E-state index contributed by atoms with van der Waals surface area (Å²) < 4.78 is 6.43. The number of nitrogens with zero attached hydrogens (tertiary/aromatic N) is 4. The molecule has 6 rings (SSSR count). The van der Waals surface area contributed by atoms with Crippen LogP contribution in [0.1, 0.15) is 18.4 Å². The van der Waals surface area contributed by atoms with E-state index in [0.29, 0.717) is 17.8 Å². The molecule has 3 aliphatic heterocycles. The highest BCUT2D eigenvalue weighted by Gasteiger charge is 2.43. The zero-order chi connectivity index (χ0) is 18.8. The van der Waals surface area contributed by atoms with E-state index in [0.717, 1.165) is 30.8 Å². The minimum Gasteiger partial charge on any atom is -0.471 e. The molecule has 2 bridgehead atoms. The number of pyridine rings is 1. The van der Waals surface area contributed by atoms with Crippen molar-refractivity contribution in [2.24, 2.45) is 5.92 Å². The first-order valence-corrected chi connectivity index (χ1v) is 10.1. The topological polar surface area (TPSA) is 51.1 Å². The Kier molecular flexibility index (Phi) is 4.75. The third kappa shape index (κ3) is 3.50. The van der Waals surface area contributed by atoms with E-state index in [1.807, 2.05) is 60.9 Å². The first kappa shape index (κ1) is 17.3. The van der Waals surface area contributed by atoms with Gasteiger partial charge >= 0.3 is 0 Å². The Morgan fingerprint density at radius 3 is 2.50 bits per heavy atom. The van der Waals surface area contributed by atoms with E-state index in [9.17, 15) is 0 Å². The molecule has 142 valence electrons. The third-order valence-corrected chi connectivity index (χ3v) is 6.02. The quantitative estimate of drug-likeness (QED) is 0.685. The van der Waals surface area contributed by atoms with Gasteiger partial charge in [-0.15, -0.1) is 10.2 Å². The van der Waals surface area contributed by atoms with Crippen LogP contribution < -0.4 is 4.74 Å². The molecule has 0 radical (unpaired) electrons. The first-order valence-electron chi connectivity index (χ1n) is 10.1. The fraction of sp³-hybridized carbons (Fsp3) is 0.348. The van der Waals surface area contributed by atoms with Gasteiger partial charge in [0.2, 0.25) is 5.88 Å². The van der Waals surface area contributed by atoms with E-state index in [-0.39, 0.29) is 6.10 Å². The van der Waals surface area contributed by atoms with Crippen LogP contribution >= 0.6 is 0 Å². The van der Waals surface area contributed by atoms with Gasteiger partial charge in [-0.3, -0.25) is 9.88 Å². The molecule has 2 atom stereocenters. The van der Waals surface area contributed by atoms with Gasteiger partial charge < -0.3 is 4.74 Å². The molecule has 0 spiro atoms. The van der Waals surface area contributed by atoms with Crippen LogP contribution in [0, 0.1) is 5.92 Å². The van der Waals surface area contributed by atoms with E-state index in [2.05, 4.69) is 26.1 Å². The van der Waals surface area contributed by atoms with Crippen LogP contribution in [0.2, 0.25) is 0 Å². The van der Waals surface area contributed by atoms with Crippen LogP contribution in [-0.4, -0.2) is 45.3 Å². The number of aromatic nitrogens is 3. The van der Waals surface area contributed by atoms with Gasteiger partial charge in [0.25, 0.3) is 0 Å². The highest BCUT2D eigenvalue weighted by molar-refractivity contribution is 5.58. The van der Waals surface area contributed by atoms with Crippen molar-refractivity contribution in [3.05, 3.63) is 72.6 Å². The highest BCUT2D eigenvalue weighted by atomic mass is 16.5. The summed E-state index contributed by atoms with van der Waals surface area (Å²) in [6, 6.07) is 18.6. The Bertz CT molecular complexity index is 893. The van der Waals surface area contributed by atoms with Crippen molar-refractivity contribution >= 4 is 0 Å². The first-order chi connectivity index (χ1) is 13.9. The van der Waals surface area contributed by atoms with Crippen LogP contribution in [0.4, 0.5) is 0 Å². The number of piperidine rings is 3. The van der Waals surface area contributed by atoms with Gasteiger partial charge in [0.05, 0.1) is 11.7 Å². The summed E-state index contributed by atoms with van der Waals surface area (Å²) >= 11 is 0. The van der Waals surface area contributed by atoms with Crippen molar-refractivity contribution in [1.82, 2.24) is 20.1 Å². The number of ether oxygens (including phenoxy) is 1. The second-order valence-corrected chi connectivity index (χ2v) is 7.71. The maximum atomic E-state index is 6.43. The molecule has 0 saturated carbocycles. The summed E-state index contributed by atoms with van der Waals surface area (Å²) in [6.07, 6.45) is 7.31. The van der Waals surface area contributed by atoms with Gasteiger partial charge in [-0.05, 0) is 56.0 Å². The second kappa shape index (κ2) is 7.68. The summed E-state index contributed by atoms with van der Waals surface area (Å²) in [5.41, 5.74) is 3.20. The Morgan fingerprint density at radius 1 is 0.929 bits per heavy atom. The zero-order valence-corrected chi connectivity index (χ0v) is 15.8. The van der Waals surface area contributed by atoms with Crippen LogP contribution in [0.5, 0.6) is 5.88 Å². The Hall–Kier alpha value is -2.79. The van der Waals surface area contributed by atoms with Crippen molar-refractivity contribution in [3.63, 3.8) is 0 Å². The monoisotopic (exact) mass is 372 g/mol. The zero-order valence-electron chi connectivity index (χ0n) is 15.8. The molecule has 0 amide bonds. The Morgan fingerprint density at radius 2 is 1.79 bits per heavy atom. The molecule has 5 heteroatoms. The molecular formula is C23H24N4O. The molecule has 3 saturated heterocycles. The van der Waals surface area contributed by atoms with Crippen molar-refractivity contribution in [3.8, 4) is 17.1 Å². The maximum absolute atomic E-state index is 6.43. The number of fused-ring (bicyclic) bond motifs is 3. The van der Waals surface area contributed by atoms with Crippen LogP contribution in [0.3, 0.4) is 0 Å². The third-order valence-electron chi connectivity index (χ3n) is 6.02. The molecule has 0 aliphatic carbocycles. The molecule has 3 aromatic rings. The largest absolute Gasteiger partial charge is 0.471 e. The Balaban J connectivity index is 1.35. The van der Waals surface area contributed by atoms with Crippen molar-refractivity contribution < 1.29 is 4.74 Å².